The summed E-state index contributed by atoms with van der Waals surface area (Å²) in [5.74, 6) is 0. The molecule has 0 radical (unpaired) electrons. The first-order valence-electron chi connectivity index (χ1n) is 5.16. The van der Waals surface area contributed by atoms with Crippen LogP contribution in [0.2, 0.25) is 0 Å². The van der Waals surface area contributed by atoms with Crippen molar-refractivity contribution < 1.29 is 4.21 Å². The Hall–Kier alpha value is -1.73. The minimum absolute atomic E-state index is 0.237. The summed E-state index contributed by atoms with van der Waals surface area (Å²) in [6.07, 6.45) is 1.57. The van der Waals surface area contributed by atoms with Crippen LogP contribution in [0.5, 0.6) is 0 Å². The molecule has 0 aliphatic rings. The van der Waals surface area contributed by atoms with Gasteiger partial charge in [-0.25, -0.2) is 14.3 Å². The van der Waals surface area contributed by atoms with Crippen LogP contribution < -0.4 is 5.69 Å². The van der Waals surface area contributed by atoms with Crippen LogP contribution in [0.3, 0.4) is 0 Å². The number of benzene rings is 1. The fraction of sp³-hybridized carbons (Fsp3) is 0.0909. The molecule has 5 nitrogen and oxygen atoms in total. The molecule has 1 atom stereocenters. The van der Waals surface area contributed by atoms with E-state index in [-0.39, 0.29) is 5.69 Å². The summed E-state index contributed by atoms with van der Waals surface area (Å²) >= 11 is 1.30. The van der Waals surface area contributed by atoms with Gasteiger partial charge in [0.05, 0.1) is 21.8 Å². The molecule has 7 heteroatoms. The van der Waals surface area contributed by atoms with Crippen molar-refractivity contribution in [3.8, 4) is 5.13 Å². The fourth-order valence-corrected chi connectivity index (χ4v) is 3.39. The largest absolute Gasteiger partial charge is 0.332 e. The molecule has 92 valence electrons. The lowest BCUT2D eigenvalue weighted by Crippen LogP contribution is -2.14. The first-order valence-corrected chi connectivity index (χ1v) is 7.59. The SMILES string of the molecule is CS(=O)c1csc(-n2c(=O)[nH]c3ccccc32)n1. The molecule has 18 heavy (non-hydrogen) atoms. The van der Waals surface area contributed by atoms with Gasteiger partial charge >= 0.3 is 5.69 Å². The number of imidazole rings is 1. The second-order valence-electron chi connectivity index (χ2n) is 3.71. The Morgan fingerprint density at radius 2 is 2.17 bits per heavy atom. The van der Waals surface area contributed by atoms with Gasteiger partial charge in [-0.2, -0.15) is 0 Å². The Morgan fingerprint density at radius 3 is 2.89 bits per heavy atom. The second-order valence-corrected chi connectivity index (χ2v) is 5.87. The van der Waals surface area contributed by atoms with E-state index in [9.17, 15) is 9.00 Å². The van der Waals surface area contributed by atoms with Gasteiger partial charge in [0.25, 0.3) is 0 Å². The molecule has 1 unspecified atom stereocenters. The molecule has 1 N–H and O–H groups in total. The quantitative estimate of drug-likeness (QED) is 0.773. The molecule has 2 heterocycles. The molecule has 1 aromatic carbocycles. The highest BCUT2D eigenvalue weighted by Crippen LogP contribution is 2.19. The van der Waals surface area contributed by atoms with Gasteiger partial charge in [0.1, 0.15) is 5.03 Å². The van der Waals surface area contributed by atoms with Crippen LogP contribution in [0.1, 0.15) is 0 Å². The van der Waals surface area contributed by atoms with E-state index in [1.165, 1.54) is 15.9 Å². The van der Waals surface area contributed by atoms with E-state index >= 15 is 0 Å². The monoisotopic (exact) mass is 279 g/mol. The van der Waals surface area contributed by atoms with Crippen LogP contribution in [0.4, 0.5) is 0 Å². The molecular weight excluding hydrogens is 270 g/mol. The first-order chi connectivity index (χ1) is 8.66. The zero-order valence-corrected chi connectivity index (χ0v) is 11.0. The van der Waals surface area contributed by atoms with Gasteiger partial charge in [0, 0.05) is 11.6 Å². The average molecular weight is 279 g/mol. The van der Waals surface area contributed by atoms with Crippen molar-refractivity contribution in [2.75, 3.05) is 6.26 Å². The molecule has 2 aromatic heterocycles. The van der Waals surface area contributed by atoms with E-state index in [2.05, 4.69) is 9.97 Å². The molecule has 0 fully saturated rings. The maximum absolute atomic E-state index is 11.9. The van der Waals surface area contributed by atoms with Crippen LogP contribution in [-0.2, 0) is 10.8 Å². The lowest BCUT2D eigenvalue weighted by Gasteiger charge is -1.96. The molecule has 0 aliphatic heterocycles. The molecule has 3 aromatic rings. The summed E-state index contributed by atoms with van der Waals surface area (Å²) in [6, 6.07) is 7.40. The number of aromatic amines is 1. The van der Waals surface area contributed by atoms with E-state index in [4.69, 9.17) is 0 Å². The van der Waals surface area contributed by atoms with Crippen molar-refractivity contribution >= 4 is 33.2 Å². The number of nitrogens with one attached hydrogen (secondary N) is 1. The number of rotatable bonds is 2. The van der Waals surface area contributed by atoms with E-state index in [1.54, 1.807) is 11.6 Å². The molecule has 0 amide bonds. The molecule has 0 aliphatic carbocycles. The standard InChI is InChI=1S/C11H9N3O2S2/c1-18(16)9-6-17-11(13-9)14-8-5-3-2-4-7(8)12-10(14)15/h2-6H,1H3,(H,12,15). The third kappa shape index (κ3) is 1.72. The first kappa shape index (κ1) is 11.4. The Kier molecular flexibility index (Phi) is 2.64. The van der Waals surface area contributed by atoms with Gasteiger partial charge in [-0.05, 0) is 12.1 Å². The van der Waals surface area contributed by atoms with Crippen molar-refractivity contribution in [3.63, 3.8) is 0 Å². The normalized spacial score (nSPS) is 12.9. The summed E-state index contributed by atoms with van der Waals surface area (Å²) in [5.41, 5.74) is 1.29. The number of aromatic nitrogens is 3. The molecule has 0 spiro atoms. The van der Waals surface area contributed by atoms with E-state index in [0.717, 1.165) is 11.0 Å². The Morgan fingerprint density at radius 1 is 1.39 bits per heavy atom. The van der Waals surface area contributed by atoms with Gasteiger partial charge in [-0.3, -0.25) is 4.21 Å². The van der Waals surface area contributed by atoms with Crippen molar-refractivity contribution in [3.05, 3.63) is 40.1 Å². The molecule has 3 rings (SSSR count). The highest BCUT2D eigenvalue weighted by molar-refractivity contribution is 7.84. The van der Waals surface area contributed by atoms with E-state index < -0.39 is 10.8 Å². The predicted molar refractivity (Wildman–Crippen MR) is 71.9 cm³/mol. The maximum Gasteiger partial charge on any atom is 0.332 e. The third-order valence-electron chi connectivity index (χ3n) is 2.55. The predicted octanol–water partition coefficient (Wildman–Crippen LogP) is 1.51. The number of hydrogen-bond donors (Lipinski definition) is 1. The van der Waals surface area contributed by atoms with Gasteiger partial charge in [-0.1, -0.05) is 12.1 Å². The summed E-state index contributed by atoms with van der Waals surface area (Å²) in [6.45, 7) is 0. The summed E-state index contributed by atoms with van der Waals surface area (Å²) in [5, 5.41) is 2.73. The Bertz CT molecular complexity index is 800. The van der Waals surface area contributed by atoms with Crippen LogP contribution in [0.15, 0.2) is 39.5 Å². The number of para-hydroxylation sites is 2. The highest BCUT2D eigenvalue weighted by atomic mass is 32.2. The van der Waals surface area contributed by atoms with Crippen molar-refractivity contribution in [2.45, 2.75) is 5.03 Å². The topological polar surface area (TPSA) is 67.8 Å². The van der Waals surface area contributed by atoms with Crippen LogP contribution >= 0.6 is 11.3 Å². The summed E-state index contributed by atoms with van der Waals surface area (Å²) < 4.78 is 12.8. The van der Waals surface area contributed by atoms with Crippen molar-refractivity contribution in [1.29, 1.82) is 0 Å². The number of hydrogen-bond acceptors (Lipinski definition) is 4. The van der Waals surface area contributed by atoms with Crippen molar-refractivity contribution in [1.82, 2.24) is 14.5 Å². The zero-order valence-electron chi connectivity index (χ0n) is 9.41. The Balaban J connectivity index is 2.27. The third-order valence-corrected chi connectivity index (χ3v) is 4.32. The highest BCUT2D eigenvalue weighted by Gasteiger charge is 2.12. The van der Waals surface area contributed by atoms with Crippen molar-refractivity contribution in [2.24, 2.45) is 0 Å². The molecular formula is C11H9N3O2S2. The van der Waals surface area contributed by atoms with Crippen LogP contribution in [0, 0.1) is 0 Å². The van der Waals surface area contributed by atoms with E-state index in [0.29, 0.717) is 10.2 Å². The van der Waals surface area contributed by atoms with Gasteiger partial charge in [0.2, 0.25) is 0 Å². The molecule has 0 saturated carbocycles. The molecule has 0 bridgehead atoms. The minimum atomic E-state index is -1.14. The van der Waals surface area contributed by atoms with Gasteiger partial charge in [-0.15, -0.1) is 11.3 Å². The van der Waals surface area contributed by atoms with Crippen LogP contribution in [-0.4, -0.2) is 25.0 Å². The lowest BCUT2D eigenvalue weighted by atomic mass is 10.3. The number of thiazole rings is 1. The number of nitrogens with zero attached hydrogens (tertiary/aromatic N) is 2. The fourth-order valence-electron chi connectivity index (χ4n) is 1.73. The Labute approximate surface area is 109 Å². The molecule has 0 saturated heterocycles. The summed E-state index contributed by atoms with van der Waals surface area (Å²) in [7, 11) is -1.14. The minimum Gasteiger partial charge on any atom is -0.305 e. The lowest BCUT2D eigenvalue weighted by molar-refractivity contribution is 0.684. The second kappa shape index (κ2) is 4.18. The average Bonchev–Trinajstić information content (AvgIpc) is 2.91. The van der Waals surface area contributed by atoms with E-state index in [1.807, 2.05) is 24.3 Å². The van der Waals surface area contributed by atoms with Gasteiger partial charge < -0.3 is 4.98 Å². The summed E-state index contributed by atoms with van der Waals surface area (Å²) in [4.78, 5) is 18.9. The van der Waals surface area contributed by atoms with Gasteiger partial charge in [0.15, 0.2) is 5.13 Å². The van der Waals surface area contributed by atoms with Crippen LogP contribution in [0.25, 0.3) is 16.2 Å². The number of fused-ring (bicyclic) bond motifs is 1. The smallest absolute Gasteiger partial charge is 0.305 e. The zero-order chi connectivity index (χ0) is 12.7. The number of H-pyrrole nitrogens is 1. The maximum atomic E-state index is 11.9.